The van der Waals surface area contributed by atoms with E-state index in [0.717, 1.165) is 37.6 Å². The predicted molar refractivity (Wildman–Crippen MR) is 101 cm³/mol. The van der Waals surface area contributed by atoms with Gasteiger partial charge in [-0.3, -0.25) is 14.4 Å². The van der Waals surface area contributed by atoms with E-state index in [2.05, 4.69) is 30.1 Å². The minimum Gasteiger partial charge on any atom is -0.352 e. The molecule has 1 saturated carbocycles. The van der Waals surface area contributed by atoms with Crippen molar-refractivity contribution in [2.75, 3.05) is 19.6 Å². The fourth-order valence-corrected chi connectivity index (χ4v) is 4.12. The molecule has 1 aliphatic carbocycles. The van der Waals surface area contributed by atoms with Crippen molar-refractivity contribution in [1.29, 1.82) is 0 Å². The number of aromatic nitrogens is 5. The van der Waals surface area contributed by atoms with Gasteiger partial charge in [-0.2, -0.15) is 5.10 Å². The summed E-state index contributed by atoms with van der Waals surface area (Å²) in [4.78, 5) is 14.6. The Hall–Kier alpha value is -2.22. The highest BCUT2D eigenvalue weighted by atomic mass is 16.2. The molecule has 0 aromatic carbocycles. The fourth-order valence-electron chi connectivity index (χ4n) is 4.12. The number of likely N-dealkylation sites (tertiary alicyclic amines) is 1. The van der Waals surface area contributed by atoms with Crippen molar-refractivity contribution in [2.45, 2.75) is 57.0 Å². The zero-order valence-corrected chi connectivity index (χ0v) is 16.0. The molecular formula is C19H29N7O. The van der Waals surface area contributed by atoms with E-state index in [9.17, 15) is 4.79 Å². The molecule has 0 spiro atoms. The number of hydrogen-bond acceptors (Lipinski definition) is 5. The van der Waals surface area contributed by atoms with Gasteiger partial charge < -0.3 is 9.88 Å². The first kappa shape index (κ1) is 18.2. The van der Waals surface area contributed by atoms with Crippen molar-refractivity contribution in [3.8, 4) is 0 Å². The molecule has 8 heteroatoms. The minimum absolute atomic E-state index is 0.165. The number of carbonyl (C=O) groups excluding carboxylic acids is 1. The third-order valence-electron chi connectivity index (χ3n) is 5.80. The molecule has 8 nitrogen and oxygen atoms in total. The Kier molecular flexibility index (Phi) is 5.52. The summed E-state index contributed by atoms with van der Waals surface area (Å²) in [5.41, 5.74) is 0. The van der Waals surface area contributed by atoms with E-state index in [1.807, 2.05) is 24.0 Å². The number of hydrogen-bond donors (Lipinski definition) is 1. The topological polar surface area (TPSA) is 80.9 Å². The first-order valence-electron chi connectivity index (χ1n) is 10.1. The van der Waals surface area contributed by atoms with Gasteiger partial charge in [0.25, 0.3) is 0 Å². The number of carbonyl (C=O) groups is 1. The van der Waals surface area contributed by atoms with Crippen LogP contribution in [0.25, 0.3) is 0 Å². The van der Waals surface area contributed by atoms with Gasteiger partial charge in [0.15, 0.2) is 5.82 Å². The summed E-state index contributed by atoms with van der Waals surface area (Å²) < 4.78 is 3.92. The molecule has 1 amide bonds. The van der Waals surface area contributed by atoms with E-state index in [-0.39, 0.29) is 11.9 Å². The van der Waals surface area contributed by atoms with Crippen LogP contribution in [0.1, 0.15) is 56.1 Å². The largest absolute Gasteiger partial charge is 0.352 e. The monoisotopic (exact) mass is 371 g/mol. The van der Waals surface area contributed by atoms with Crippen LogP contribution < -0.4 is 5.32 Å². The highest BCUT2D eigenvalue weighted by Crippen LogP contribution is 2.35. The van der Waals surface area contributed by atoms with Crippen LogP contribution in [0.3, 0.4) is 0 Å². The van der Waals surface area contributed by atoms with Crippen molar-refractivity contribution in [3.05, 3.63) is 30.1 Å². The van der Waals surface area contributed by atoms with Crippen molar-refractivity contribution < 1.29 is 4.79 Å². The summed E-state index contributed by atoms with van der Waals surface area (Å²) in [6, 6.07) is 2.17. The molecule has 0 atom stereocenters. The van der Waals surface area contributed by atoms with Gasteiger partial charge in [0.05, 0.1) is 6.54 Å². The third-order valence-corrected chi connectivity index (χ3v) is 5.80. The van der Waals surface area contributed by atoms with Crippen molar-refractivity contribution in [2.24, 2.45) is 7.05 Å². The van der Waals surface area contributed by atoms with E-state index in [0.29, 0.717) is 19.0 Å². The minimum atomic E-state index is 0.165. The molecule has 2 aromatic rings. The Balaban J connectivity index is 1.24. The Bertz CT molecular complexity index is 740. The molecule has 3 heterocycles. The van der Waals surface area contributed by atoms with Gasteiger partial charge in [0, 0.05) is 31.4 Å². The summed E-state index contributed by atoms with van der Waals surface area (Å²) >= 11 is 0. The second-order valence-electron chi connectivity index (χ2n) is 7.86. The highest BCUT2D eigenvalue weighted by Gasteiger charge is 2.35. The van der Waals surface area contributed by atoms with Gasteiger partial charge in [-0.15, -0.1) is 10.2 Å². The summed E-state index contributed by atoms with van der Waals surface area (Å²) in [5, 5.41) is 16.1. The van der Waals surface area contributed by atoms with E-state index in [4.69, 9.17) is 0 Å². The van der Waals surface area contributed by atoms with E-state index < -0.39 is 0 Å². The first-order valence-corrected chi connectivity index (χ1v) is 10.1. The van der Waals surface area contributed by atoms with Crippen LogP contribution in [-0.4, -0.2) is 61.0 Å². The second-order valence-corrected chi connectivity index (χ2v) is 7.86. The number of amides is 1. The Labute approximate surface area is 159 Å². The average molecular weight is 371 g/mol. The molecule has 0 unspecified atom stereocenters. The average Bonchev–Trinajstić information content (AvgIpc) is 3.17. The van der Waals surface area contributed by atoms with E-state index >= 15 is 0 Å². The maximum Gasteiger partial charge on any atom is 0.234 e. The lowest BCUT2D eigenvalue weighted by Gasteiger charge is -2.35. The fraction of sp³-hybridized carbons (Fsp3) is 0.684. The Morgan fingerprint density at radius 1 is 1.19 bits per heavy atom. The van der Waals surface area contributed by atoms with Crippen LogP contribution in [0.5, 0.6) is 0 Å². The zero-order chi connectivity index (χ0) is 18.6. The zero-order valence-electron chi connectivity index (χ0n) is 16.0. The quantitative estimate of drug-likeness (QED) is 0.828. The number of nitrogens with one attached hydrogen (secondary N) is 1. The number of rotatable bonds is 6. The molecule has 1 saturated heterocycles. The highest BCUT2D eigenvalue weighted by molar-refractivity contribution is 5.78. The van der Waals surface area contributed by atoms with Crippen LogP contribution in [0.4, 0.5) is 0 Å². The Morgan fingerprint density at radius 3 is 2.67 bits per heavy atom. The normalized spacial score (nSPS) is 23.6. The molecule has 27 heavy (non-hydrogen) atoms. The van der Waals surface area contributed by atoms with Crippen LogP contribution in [0.2, 0.25) is 0 Å². The second kappa shape index (κ2) is 8.21. The molecule has 2 aliphatic rings. The third kappa shape index (κ3) is 4.37. The van der Waals surface area contributed by atoms with Crippen molar-refractivity contribution in [3.63, 3.8) is 0 Å². The summed E-state index contributed by atoms with van der Waals surface area (Å²) in [6.45, 7) is 3.27. The summed E-state index contributed by atoms with van der Waals surface area (Å²) in [6.07, 6.45) is 10.6. The van der Waals surface area contributed by atoms with Crippen LogP contribution in [-0.2, 0) is 18.4 Å². The van der Waals surface area contributed by atoms with Crippen LogP contribution in [0.15, 0.2) is 18.5 Å². The maximum atomic E-state index is 12.3. The molecule has 2 aromatic heterocycles. The van der Waals surface area contributed by atoms with Gasteiger partial charge in [-0.1, -0.05) is 12.8 Å². The smallest absolute Gasteiger partial charge is 0.234 e. The molecule has 1 N–H and O–H groups in total. The van der Waals surface area contributed by atoms with Gasteiger partial charge in [-0.25, -0.2) is 0 Å². The lowest BCUT2D eigenvalue weighted by molar-refractivity contribution is -0.123. The van der Waals surface area contributed by atoms with E-state index in [1.54, 1.807) is 6.20 Å². The molecule has 0 radical (unpaired) electrons. The van der Waals surface area contributed by atoms with Gasteiger partial charge >= 0.3 is 0 Å². The predicted octanol–water partition coefficient (Wildman–Crippen LogP) is 1.30. The molecule has 2 fully saturated rings. The lowest BCUT2D eigenvalue weighted by atomic mass is 9.79. The number of nitrogens with zero attached hydrogens (tertiary/aromatic N) is 6. The molecule has 0 bridgehead atoms. The van der Waals surface area contributed by atoms with Crippen molar-refractivity contribution >= 4 is 5.91 Å². The van der Waals surface area contributed by atoms with Gasteiger partial charge in [0.1, 0.15) is 12.4 Å². The Morgan fingerprint density at radius 2 is 1.96 bits per heavy atom. The van der Waals surface area contributed by atoms with Crippen LogP contribution in [0, 0.1) is 0 Å². The molecule has 146 valence electrons. The first-order chi connectivity index (χ1) is 13.2. The van der Waals surface area contributed by atoms with Gasteiger partial charge in [-0.05, 0) is 44.8 Å². The molecule has 1 aliphatic heterocycles. The van der Waals surface area contributed by atoms with Crippen LogP contribution >= 0.6 is 0 Å². The molecular weight excluding hydrogens is 342 g/mol. The lowest BCUT2D eigenvalue weighted by Crippen LogP contribution is -2.47. The molecule has 4 rings (SSSR count). The van der Waals surface area contributed by atoms with Crippen molar-refractivity contribution in [1.82, 2.24) is 34.8 Å². The summed E-state index contributed by atoms with van der Waals surface area (Å²) in [7, 11) is 2.01. The maximum absolute atomic E-state index is 12.3. The standard InChI is InChI=1S/C19H29N7O/c1-24-17(13-26-10-6-7-20-26)22-23-19(24)15-11-16(12-15)21-18(27)14-25-8-4-2-3-5-9-25/h6-7,10,15-16H,2-5,8-9,11-14H2,1H3,(H,21,27). The summed E-state index contributed by atoms with van der Waals surface area (Å²) in [5.74, 6) is 2.45. The SMILES string of the molecule is Cn1c(Cn2cccn2)nnc1C1CC(NC(=O)CN2CCCCCC2)C1. The van der Waals surface area contributed by atoms with E-state index in [1.165, 1.54) is 25.7 Å². The van der Waals surface area contributed by atoms with Gasteiger partial charge in [0.2, 0.25) is 5.91 Å².